The molecule has 0 bridgehead atoms. The highest BCUT2D eigenvalue weighted by Crippen LogP contribution is 2.22. The highest BCUT2D eigenvalue weighted by Gasteiger charge is 2.20. The molecular weight excluding hydrogens is 390 g/mol. The summed E-state index contributed by atoms with van der Waals surface area (Å²) in [5.74, 6) is -1.66. The summed E-state index contributed by atoms with van der Waals surface area (Å²) >= 11 is 0. The average Bonchev–Trinajstić information content (AvgIpc) is 2.74. The molecule has 3 aromatic rings. The van der Waals surface area contributed by atoms with E-state index in [0.29, 0.717) is 22.6 Å². The molecule has 1 aromatic carbocycles. The van der Waals surface area contributed by atoms with Crippen LogP contribution in [0, 0.1) is 18.6 Å². The third kappa shape index (κ3) is 4.59. The Labute approximate surface area is 172 Å². The molecule has 0 aliphatic rings. The lowest BCUT2D eigenvalue weighted by atomic mass is 10.1. The quantitative estimate of drug-likeness (QED) is 0.671. The zero-order valence-corrected chi connectivity index (χ0v) is 16.9. The fourth-order valence-corrected chi connectivity index (χ4v) is 3.17. The number of pyridine rings is 1. The molecular formula is C22H22F2N4O2. The summed E-state index contributed by atoms with van der Waals surface area (Å²) in [4.78, 5) is 37.7. The molecule has 0 spiro atoms. The Balaban J connectivity index is 1.70. The van der Waals surface area contributed by atoms with Crippen LogP contribution in [-0.4, -0.2) is 32.8 Å². The van der Waals surface area contributed by atoms with Crippen LogP contribution in [0.15, 0.2) is 47.5 Å². The van der Waals surface area contributed by atoms with Gasteiger partial charge in [0, 0.05) is 42.7 Å². The predicted octanol–water partition coefficient (Wildman–Crippen LogP) is 3.57. The number of carbonyl (C=O) groups is 1. The number of nitrogens with zero attached hydrogens (tertiary/aromatic N) is 3. The molecule has 0 radical (unpaired) electrons. The van der Waals surface area contributed by atoms with Crippen LogP contribution in [0.2, 0.25) is 0 Å². The molecule has 0 fully saturated rings. The first kappa shape index (κ1) is 21.3. The van der Waals surface area contributed by atoms with Crippen LogP contribution in [0.3, 0.4) is 0 Å². The van der Waals surface area contributed by atoms with Crippen molar-refractivity contribution in [2.45, 2.75) is 32.7 Å². The highest BCUT2D eigenvalue weighted by atomic mass is 19.2. The van der Waals surface area contributed by atoms with E-state index in [1.54, 1.807) is 45.4 Å². The van der Waals surface area contributed by atoms with Crippen LogP contribution in [0.1, 0.15) is 36.2 Å². The molecule has 8 heteroatoms. The van der Waals surface area contributed by atoms with Crippen LogP contribution < -0.4 is 5.56 Å². The minimum Gasteiger partial charge on any atom is -0.339 e. The van der Waals surface area contributed by atoms with E-state index >= 15 is 0 Å². The van der Waals surface area contributed by atoms with Crippen molar-refractivity contribution >= 4 is 5.91 Å². The standard InChI is InChI=1S/C22H22F2N4O2/c1-13-17(22(30)27-21(26-13)15-8-10-25-11-9-15)5-7-20(29)28(3)14(2)16-4-6-18(23)19(24)12-16/h4,6,8-12,14H,5,7H2,1-3H3,(H,26,27,30). The Morgan fingerprint density at radius 1 is 1.17 bits per heavy atom. The van der Waals surface area contributed by atoms with E-state index in [1.165, 1.54) is 11.0 Å². The number of nitrogens with one attached hydrogen (secondary N) is 1. The maximum Gasteiger partial charge on any atom is 0.254 e. The first-order valence-electron chi connectivity index (χ1n) is 9.48. The van der Waals surface area contributed by atoms with E-state index in [1.807, 2.05) is 0 Å². The van der Waals surface area contributed by atoms with Gasteiger partial charge in [0.1, 0.15) is 5.82 Å². The zero-order valence-electron chi connectivity index (χ0n) is 16.9. The first-order chi connectivity index (χ1) is 14.3. The summed E-state index contributed by atoms with van der Waals surface area (Å²) in [5, 5.41) is 0. The summed E-state index contributed by atoms with van der Waals surface area (Å²) < 4.78 is 26.6. The Kier molecular flexibility index (Phi) is 6.34. The number of hydrogen-bond donors (Lipinski definition) is 1. The van der Waals surface area contributed by atoms with Gasteiger partial charge in [-0.25, -0.2) is 13.8 Å². The summed E-state index contributed by atoms with van der Waals surface area (Å²) in [6, 6.07) is 6.62. The van der Waals surface area contributed by atoms with Gasteiger partial charge in [0.05, 0.1) is 6.04 Å². The van der Waals surface area contributed by atoms with Gasteiger partial charge in [0.25, 0.3) is 5.56 Å². The topological polar surface area (TPSA) is 79.0 Å². The van der Waals surface area contributed by atoms with Gasteiger partial charge in [-0.3, -0.25) is 14.6 Å². The molecule has 1 atom stereocenters. The Bertz CT molecular complexity index is 1120. The molecule has 156 valence electrons. The van der Waals surface area contributed by atoms with Gasteiger partial charge in [0.15, 0.2) is 11.6 Å². The van der Waals surface area contributed by atoms with Crippen LogP contribution in [-0.2, 0) is 11.2 Å². The number of aromatic nitrogens is 3. The highest BCUT2D eigenvalue weighted by molar-refractivity contribution is 5.76. The van der Waals surface area contributed by atoms with Crippen molar-refractivity contribution in [3.05, 3.63) is 81.5 Å². The van der Waals surface area contributed by atoms with Crippen molar-refractivity contribution in [2.75, 3.05) is 7.05 Å². The van der Waals surface area contributed by atoms with Crippen LogP contribution in [0.25, 0.3) is 11.4 Å². The second-order valence-electron chi connectivity index (χ2n) is 7.07. The third-order valence-electron chi connectivity index (χ3n) is 5.17. The monoisotopic (exact) mass is 412 g/mol. The average molecular weight is 412 g/mol. The van der Waals surface area contributed by atoms with Crippen molar-refractivity contribution in [1.82, 2.24) is 19.9 Å². The number of halogens is 2. The van der Waals surface area contributed by atoms with Crippen molar-refractivity contribution < 1.29 is 13.6 Å². The van der Waals surface area contributed by atoms with Crippen LogP contribution in [0.4, 0.5) is 8.78 Å². The normalized spacial score (nSPS) is 11.9. The molecule has 0 saturated heterocycles. The lowest BCUT2D eigenvalue weighted by Crippen LogP contribution is -2.30. The molecule has 30 heavy (non-hydrogen) atoms. The van der Waals surface area contributed by atoms with E-state index < -0.39 is 17.7 Å². The zero-order chi connectivity index (χ0) is 21.8. The van der Waals surface area contributed by atoms with Gasteiger partial charge >= 0.3 is 0 Å². The van der Waals surface area contributed by atoms with E-state index in [0.717, 1.165) is 17.7 Å². The maximum atomic E-state index is 13.5. The lowest BCUT2D eigenvalue weighted by Gasteiger charge is -2.25. The lowest BCUT2D eigenvalue weighted by molar-refractivity contribution is -0.131. The Morgan fingerprint density at radius 3 is 2.50 bits per heavy atom. The number of amides is 1. The SMILES string of the molecule is Cc1nc(-c2ccncc2)[nH]c(=O)c1CCC(=O)N(C)C(C)c1ccc(F)c(F)c1. The number of rotatable bonds is 6. The van der Waals surface area contributed by atoms with Crippen molar-refractivity contribution in [3.8, 4) is 11.4 Å². The smallest absolute Gasteiger partial charge is 0.254 e. The fraction of sp³-hybridized carbons (Fsp3) is 0.273. The Hall–Kier alpha value is -3.42. The van der Waals surface area contributed by atoms with Gasteiger partial charge in [-0.1, -0.05) is 6.07 Å². The molecule has 6 nitrogen and oxygen atoms in total. The first-order valence-corrected chi connectivity index (χ1v) is 9.48. The largest absolute Gasteiger partial charge is 0.339 e. The Morgan fingerprint density at radius 2 is 1.87 bits per heavy atom. The molecule has 3 rings (SSSR count). The molecule has 2 heterocycles. The van der Waals surface area contributed by atoms with Gasteiger partial charge < -0.3 is 9.88 Å². The maximum absolute atomic E-state index is 13.5. The number of H-pyrrole nitrogens is 1. The fourth-order valence-electron chi connectivity index (χ4n) is 3.17. The summed E-state index contributed by atoms with van der Waals surface area (Å²) in [5.41, 5.74) is 1.93. The molecule has 1 N–H and O–H groups in total. The number of carbonyl (C=O) groups excluding carboxylic acids is 1. The van der Waals surface area contributed by atoms with Crippen molar-refractivity contribution in [1.29, 1.82) is 0 Å². The van der Waals surface area contributed by atoms with Crippen molar-refractivity contribution in [2.24, 2.45) is 0 Å². The number of hydrogen-bond acceptors (Lipinski definition) is 4. The van der Waals surface area contributed by atoms with Crippen LogP contribution in [0.5, 0.6) is 0 Å². The van der Waals surface area contributed by atoms with E-state index in [2.05, 4.69) is 15.0 Å². The molecule has 1 unspecified atom stereocenters. The third-order valence-corrected chi connectivity index (χ3v) is 5.17. The van der Waals surface area contributed by atoms with E-state index in [-0.39, 0.29) is 24.3 Å². The van der Waals surface area contributed by atoms with Gasteiger partial charge in [-0.05, 0) is 50.1 Å². The molecule has 0 aliphatic heterocycles. The van der Waals surface area contributed by atoms with E-state index in [9.17, 15) is 18.4 Å². The van der Waals surface area contributed by atoms with Gasteiger partial charge in [0.2, 0.25) is 5.91 Å². The van der Waals surface area contributed by atoms with Crippen LogP contribution >= 0.6 is 0 Å². The van der Waals surface area contributed by atoms with Gasteiger partial charge in [-0.15, -0.1) is 0 Å². The molecule has 1 amide bonds. The summed E-state index contributed by atoms with van der Waals surface area (Å²) in [6.07, 6.45) is 3.53. The second kappa shape index (κ2) is 8.94. The molecule has 0 saturated carbocycles. The minimum atomic E-state index is -0.956. The number of aromatic amines is 1. The van der Waals surface area contributed by atoms with Crippen molar-refractivity contribution in [3.63, 3.8) is 0 Å². The summed E-state index contributed by atoms with van der Waals surface area (Å²) in [6.45, 7) is 3.46. The molecule has 2 aromatic heterocycles. The predicted molar refractivity (Wildman–Crippen MR) is 109 cm³/mol. The number of aryl methyl sites for hydroxylation is 1. The molecule has 0 aliphatic carbocycles. The van der Waals surface area contributed by atoms with Gasteiger partial charge in [-0.2, -0.15) is 0 Å². The minimum absolute atomic E-state index is 0.0880. The van der Waals surface area contributed by atoms with E-state index in [4.69, 9.17) is 0 Å². The number of benzene rings is 1. The second-order valence-corrected chi connectivity index (χ2v) is 7.07. The summed E-state index contributed by atoms with van der Waals surface area (Å²) in [7, 11) is 1.59.